The van der Waals surface area contributed by atoms with E-state index in [2.05, 4.69) is 41.7 Å². The number of hydrogen-bond donors (Lipinski definition) is 1. The van der Waals surface area contributed by atoms with Crippen LogP contribution in [0.15, 0.2) is 4.47 Å². The van der Waals surface area contributed by atoms with Gasteiger partial charge in [0.05, 0.1) is 10.2 Å². The second-order valence-electron chi connectivity index (χ2n) is 6.33. The molecule has 20 heavy (non-hydrogen) atoms. The van der Waals surface area contributed by atoms with Crippen LogP contribution in [-0.2, 0) is 6.42 Å². The van der Waals surface area contributed by atoms with Crippen molar-refractivity contribution in [2.75, 3.05) is 5.73 Å². The molecule has 1 aromatic rings. The van der Waals surface area contributed by atoms with Crippen LogP contribution in [0.3, 0.4) is 0 Å². The van der Waals surface area contributed by atoms with Gasteiger partial charge < -0.3 is 5.73 Å². The Kier molecular flexibility index (Phi) is 5.42. The molecule has 0 saturated heterocycles. The third-order valence-electron chi connectivity index (χ3n) is 4.53. The predicted molar refractivity (Wildman–Crippen MR) is 87.7 cm³/mol. The zero-order chi connectivity index (χ0) is 14.7. The summed E-state index contributed by atoms with van der Waals surface area (Å²) in [5, 5.41) is 0. The summed E-state index contributed by atoms with van der Waals surface area (Å²) in [5.41, 5.74) is 7.11. The van der Waals surface area contributed by atoms with Crippen LogP contribution in [0.4, 0.5) is 5.82 Å². The minimum absolute atomic E-state index is 0.496. The van der Waals surface area contributed by atoms with Crippen molar-refractivity contribution in [2.24, 2.45) is 11.8 Å². The van der Waals surface area contributed by atoms with E-state index in [1.807, 2.05) is 0 Å². The van der Waals surface area contributed by atoms with Gasteiger partial charge >= 0.3 is 0 Å². The molecule has 2 N–H and O–H groups in total. The van der Waals surface area contributed by atoms with Crippen molar-refractivity contribution in [1.29, 1.82) is 0 Å². The number of aryl methyl sites for hydroxylation is 1. The maximum absolute atomic E-state index is 6.04. The van der Waals surface area contributed by atoms with Crippen molar-refractivity contribution >= 4 is 21.7 Å². The molecule has 4 heteroatoms. The largest absolute Gasteiger partial charge is 0.383 e. The van der Waals surface area contributed by atoms with E-state index in [4.69, 9.17) is 10.7 Å². The molecule has 112 valence electrons. The van der Waals surface area contributed by atoms with Crippen molar-refractivity contribution in [3.05, 3.63) is 16.0 Å². The fourth-order valence-corrected chi connectivity index (χ4v) is 3.54. The maximum Gasteiger partial charge on any atom is 0.141 e. The van der Waals surface area contributed by atoms with E-state index in [-0.39, 0.29) is 0 Å². The molecule has 2 rings (SSSR count). The number of nitrogen functional groups attached to an aromatic ring is 1. The smallest absolute Gasteiger partial charge is 0.141 e. The first-order chi connectivity index (χ1) is 9.52. The molecule has 0 atom stereocenters. The molecule has 0 aliphatic heterocycles. The summed E-state index contributed by atoms with van der Waals surface area (Å²) < 4.78 is 0.888. The summed E-state index contributed by atoms with van der Waals surface area (Å²) in [4.78, 5) is 9.31. The van der Waals surface area contributed by atoms with Crippen LogP contribution >= 0.6 is 15.9 Å². The monoisotopic (exact) mass is 339 g/mol. The number of hydrogen-bond acceptors (Lipinski definition) is 3. The number of halogens is 1. The van der Waals surface area contributed by atoms with Crippen LogP contribution in [0.1, 0.15) is 70.3 Å². The summed E-state index contributed by atoms with van der Waals surface area (Å²) >= 11 is 3.52. The van der Waals surface area contributed by atoms with Crippen molar-refractivity contribution in [1.82, 2.24) is 9.97 Å². The van der Waals surface area contributed by atoms with Crippen molar-refractivity contribution < 1.29 is 0 Å². The summed E-state index contributed by atoms with van der Waals surface area (Å²) in [6, 6.07) is 0. The summed E-state index contributed by atoms with van der Waals surface area (Å²) in [6.45, 7) is 6.83. The molecule has 1 aromatic heterocycles. The average molecular weight is 340 g/mol. The molecule has 1 fully saturated rings. The van der Waals surface area contributed by atoms with Crippen LogP contribution in [-0.4, -0.2) is 9.97 Å². The normalized spacial score (nSPS) is 23.2. The lowest BCUT2D eigenvalue weighted by Crippen LogP contribution is -2.19. The SMILES string of the molecule is CCCc1nc(C2CCC(C(C)C)CC2)nc(N)c1Br. The zero-order valence-electron chi connectivity index (χ0n) is 12.8. The zero-order valence-corrected chi connectivity index (χ0v) is 14.4. The van der Waals surface area contributed by atoms with Crippen molar-refractivity contribution in [3.8, 4) is 0 Å². The molecule has 0 amide bonds. The third kappa shape index (κ3) is 3.51. The summed E-state index contributed by atoms with van der Waals surface area (Å²) in [6.07, 6.45) is 7.04. The van der Waals surface area contributed by atoms with Crippen LogP contribution in [0, 0.1) is 11.8 Å². The summed E-state index contributed by atoms with van der Waals surface area (Å²) in [5.74, 6) is 3.73. The molecule has 1 saturated carbocycles. The van der Waals surface area contributed by atoms with E-state index in [0.717, 1.165) is 40.7 Å². The van der Waals surface area contributed by atoms with E-state index in [1.165, 1.54) is 25.7 Å². The van der Waals surface area contributed by atoms with Gasteiger partial charge in [-0.2, -0.15) is 0 Å². The number of aromatic nitrogens is 2. The number of nitrogens with zero attached hydrogens (tertiary/aromatic N) is 2. The number of anilines is 1. The fraction of sp³-hybridized carbons (Fsp3) is 0.750. The van der Waals surface area contributed by atoms with Crippen LogP contribution < -0.4 is 5.73 Å². The molecule has 0 unspecified atom stereocenters. The highest BCUT2D eigenvalue weighted by atomic mass is 79.9. The Hall–Kier alpha value is -0.640. The van der Waals surface area contributed by atoms with Crippen LogP contribution in [0.25, 0.3) is 0 Å². The molecule has 3 nitrogen and oxygen atoms in total. The van der Waals surface area contributed by atoms with Crippen LogP contribution in [0.2, 0.25) is 0 Å². The predicted octanol–water partition coefficient (Wildman–Crippen LogP) is 4.70. The van der Waals surface area contributed by atoms with Gasteiger partial charge in [-0.05, 0) is 59.9 Å². The first-order valence-electron chi connectivity index (χ1n) is 7.84. The molecular formula is C16H26BrN3. The Morgan fingerprint density at radius 2 is 1.85 bits per heavy atom. The molecule has 1 aliphatic rings. The Labute approximate surface area is 130 Å². The number of nitrogens with two attached hydrogens (primary N) is 1. The van der Waals surface area contributed by atoms with Gasteiger partial charge in [-0.25, -0.2) is 9.97 Å². The number of rotatable bonds is 4. The highest BCUT2D eigenvalue weighted by molar-refractivity contribution is 9.10. The topological polar surface area (TPSA) is 51.8 Å². The molecule has 0 bridgehead atoms. The minimum Gasteiger partial charge on any atom is -0.383 e. The maximum atomic E-state index is 6.04. The average Bonchev–Trinajstić information content (AvgIpc) is 2.44. The Morgan fingerprint density at radius 3 is 2.40 bits per heavy atom. The van der Waals surface area contributed by atoms with E-state index < -0.39 is 0 Å². The fourth-order valence-electron chi connectivity index (χ4n) is 3.16. The second kappa shape index (κ2) is 6.88. The molecule has 1 heterocycles. The minimum atomic E-state index is 0.496. The van der Waals surface area contributed by atoms with Gasteiger partial charge in [0.2, 0.25) is 0 Å². The van der Waals surface area contributed by atoms with E-state index >= 15 is 0 Å². The molecule has 0 aromatic carbocycles. The standard InChI is InChI=1S/C16H26BrN3/c1-4-5-13-14(17)15(18)20-16(19-13)12-8-6-11(7-9-12)10(2)3/h10-12H,4-9H2,1-3H3,(H2,18,19,20). The van der Waals surface area contributed by atoms with Crippen LogP contribution in [0.5, 0.6) is 0 Å². The lowest BCUT2D eigenvalue weighted by Gasteiger charge is -2.30. The first-order valence-corrected chi connectivity index (χ1v) is 8.64. The Bertz CT molecular complexity index is 451. The van der Waals surface area contributed by atoms with E-state index in [0.29, 0.717) is 11.7 Å². The molecule has 0 spiro atoms. The first kappa shape index (κ1) is 15.7. The quantitative estimate of drug-likeness (QED) is 0.864. The lowest BCUT2D eigenvalue weighted by molar-refractivity contribution is 0.254. The highest BCUT2D eigenvalue weighted by Crippen LogP contribution is 2.38. The molecule has 1 aliphatic carbocycles. The van der Waals surface area contributed by atoms with Gasteiger partial charge in [0.15, 0.2) is 0 Å². The molecule has 0 radical (unpaired) electrons. The van der Waals surface area contributed by atoms with Crippen molar-refractivity contribution in [3.63, 3.8) is 0 Å². The van der Waals surface area contributed by atoms with Gasteiger partial charge in [-0.3, -0.25) is 0 Å². The molecular weight excluding hydrogens is 314 g/mol. The van der Waals surface area contributed by atoms with Gasteiger partial charge in [0.25, 0.3) is 0 Å². The highest BCUT2D eigenvalue weighted by Gasteiger charge is 2.26. The Morgan fingerprint density at radius 1 is 1.20 bits per heavy atom. The summed E-state index contributed by atoms with van der Waals surface area (Å²) in [7, 11) is 0. The lowest BCUT2D eigenvalue weighted by atomic mass is 9.76. The van der Waals surface area contributed by atoms with Crippen molar-refractivity contribution in [2.45, 2.75) is 65.2 Å². The van der Waals surface area contributed by atoms with Gasteiger partial charge in [-0.1, -0.05) is 27.2 Å². The Balaban J connectivity index is 2.13. The van der Waals surface area contributed by atoms with Gasteiger partial charge in [-0.15, -0.1) is 0 Å². The van der Waals surface area contributed by atoms with Gasteiger partial charge in [0, 0.05) is 5.92 Å². The van der Waals surface area contributed by atoms with E-state index in [1.54, 1.807) is 0 Å². The van der Waals surface area contributed by atoms with E-state index in [9.17, 15) is 0 Å². The third-order valence-corrected chi connectivity index (χ3v) is 5.39. The van der Waals surface area contributed by atoms with Gasteiger partial charge in [0.1, 0.15) is 11.6 Å². The second-order valence-corrected chi connectivity index (χ2v) is 7.13.